The highest BCUT2D eigenvalue weighted by molar-refractivity contribution is 9.10. The number of hydrogen-bond donors (Lipinski definition) is 1. The lowest BCUT2D eigenvalue weighted by Gasteiger charge is -2.09. The molecular weight excluding hydrogens is 236 g/mol. The summed E-state index contributed by atoms with van der Waals surface area (Å²) in [5, 5.41) is 8.58. The zero-order valence-corrected chi connectivity index (χ0v) is 8.61. The summed E-state index contributed by atoms with van der Waals surface area (Å²) in [5.74, 6) is -0.427. The van der Waals surface area contributed by atoms with Crippen molar-refractivity contribution in [1.82, 2.24) is 0 Å². The van der Waals surface area contributed by atoms with Crippen LogP contribution in [-0.2, 0) is 4.79 Å². The molecule has 70 valence electrons. The molecule has 1 aromatic carbocycles. The Balaban J connectivity index is 2.69. The van der Waals surface area contributed by atoms with E-state index in [-0.39, 0.29) is 0 Å². The molecule has 0 unspecified atom stereocenters. The third-order valence-electron chi connectivity index (χ3n) is 1.46. The van der Waals surface area contributed by atoms with Crippen LogP contribution in [-0.4, -0.2) is 17.2 Å². The summed E-state index contributed by atoms with van der Waals surface area (Å²) in [5.41, 5.74) is 0. The number of aliphatic carboxylic acids is 1. The number of ether oxygens (including phenoxy) is 1. The fraction of sp³-hybridized carbons (Fsp3) is 0.222. The summed E-state index contributed by atoms with van der Waals surface area (Å²) in [7, 11) is 0. The van der Waals surface area contributed by atoms with E-state index in [4.69, 9.17) is 9.84 Å². The molecule has 0 saturated heterocycles. The molecule has 0 fully saturated rings. The minimum absolute atomic E-state index is 0.546. The smallest absolute Gasteiger partial charge is 0.344 e. The van der Waals surface area contributed by atoms with Gasteiger partial charge in [-0.15, -0.1) is 0 Å². The molecule has 4 heteroatoms. The summed E-state index contributed by atoms with van der Waals surface area (Å²) in [4.78, 5) is 10.5. The Labute approximate surface area is 84.5 Å². The van der Waals surface area contributed by atoms with Crippen LogP contribution in [0.15, 0.2) is 28.7 Å². The van der Waals surface area contributed by atoms with E-state index in [2.05, 4.69) is 15.9 Å². The summed E-state index contributed by atoms with van der Waals surface area (Å²) >= 11 is 3.26. The predicted octanol–water partition coefficient (Wildman–Crippen LogP) is 2.30. The molecule has 1 rings (SSSR count). The van der Waals surface area contributed by atoms with Gasteiger partial charge in [-0.1, -0.05) is 22.0 Å². The third-order valence-corrected chi connectivity index (χ3v) is 1.95. The first-order valence-electron chi connectivity index (χ1n) is 3.74. The van der Waals surface area contributed by atoms with Crippen molar-refractivity contribution >= 4 is 21.9 Å². The van der Waals surface area contributed by atoms with E-state index in [0.717, 1.165) is 4.47 Å². The highest BCUT2D eigenvalue weighted by Gasteiger charge is 2.11. The van der Waals surface area contributed by atoms with Crippen LogP contribution in [0, 0.1) is 0 Å². The Morgan fingerprint density at radius 1 is 1.62 bits per heavy atom. The molecular formula is C9H9BrO3. The second kappa shape index (κ2) is 4.28. The minimum Gasteiger partial charge on any atom is -0.479 e. The van der Waals surface area contributed by atoms with Gasteiger partial charge >= 0.3 is 5.97 Å². The number of halogens is 1. The predicted molar refractivity (Wildman–Crippen MR) is 51.9 cm³/mol. The number of benzene rings is 1. The van der Waals surface area contributed by atoms with Crippen LogP contribution in [0.4, 0.5) is 0 Å². The van der Waals surface area contributed by atoms with Gasteiger partial charge in [0, 0.05) is 4.47 Å². The van der Waals surface area contributed by atoms with E-state index >= 15 is 0 Å². The lowest BCUT2D eigenvalue weighted by Crippen LogP contribution is -2.22. The van der Waals surface area contributed by atoms with Crippen LogP contribution in [0.2, 0.25) is 0 Å². The summed E-state index contributed by atoms with van der Waals surface area (Å²) < 4.78 is 5.99. The molecule has 0 amide bonds. The van der Waals surface area contributed by atoms with Crippen LogP contribution in [0.1, 0.15) is 6.92 Å². The fourth-order valence-electron chi connectivity index (χ4n) is 0.795. The van der Waals surface area contributed by atoms with Crippen molar-refractivity contribution in [1.29, 1.82) is 0 Å². The van der Waals surface area contributed by atoms with Crippen LogP contribution in [0.25, 0.3) is 0 Å². The first-order valence-corrected chi connectivity index (χ1v) is 4.54. The Hall–Kier alpha value is -1.03. The first-order chi connectivity index (χ1) is 6.09. The zero-order chi connectivity index (χ0) is 9.84. The molecule has 0 saturated carbocycles. The number of hydrogen-bond acceptors (Lipinski definition) is 2. The topological polar surface area (TPSA) is 46.5 Å². The molecule has 1 atom stereocenters. The van der Waals surface area contributed by atoms with E-state index in [1.54, 1.807) is 18.2 Å². The molecule has 0 aliphatic heterocycles. The van der Waals surface area contributed by atoms with Crippen molar-refractivity contribution in [3.63, 3.8) is 0 Å². The van der Waals surface area contributed by atoms with Gasteiger partial charge in [-0.25, -0.2) is 4.79 Å². The highest BCUT2D eigenvalue weighted by Crippen LogP contribution is 2.18. The van der Waals surface area contributed by atoms with Gasteiger partial charge in [0.05, 0.1) is 0 Å². The molecule has 0 spiro atoms. The number of carboxylic acid groups (broad SMARTS) is 1. The summed E-state index contributed by atoms with van der Waals surface area (Å²) in [6.07, 6.45) is -0.825. The van der Waals surface area contributed by atoms with Gasteiger partial charge in [-0.3, -0.25) is 0 Å². The van der Waals surface area contributed by atoms with Crippen LogP contribution in [0.5, 0.6) is 5.75 Å². The Bertz CT molecular complexity index is 311. The molecule has 0 heterocycles. The molecule has 0 bridgehead atoms. The van der Waals surface area contributed by atoms with Gasteiger partial charge in [0.1, 0.15) is 5.75 Å². The summed E-state index contributed by atoms with van der Waals surface area (Å²) in [6, 6.07) is 7.07. The van der Waals surface area contributed by atoms with E-state index in [0.29, 0.717) is 5.75 Å². The van der Waals surface area contributed by atoms with E-state index in [1.807, 2.05) is 6.07 Å². The van der Waals surface area contributed by atoms with Crippen LogP contribution < -0.4 is 4.74 Å². The van der Waals surface area contributed by atoms with Crippen molar-refractivity contribution in [3.05, 3.63) is 28.7 Å². The Morgan fingerprint density at radius 2 is 2.31 bits per heavy atom. The maximum atomic E-state index is 10.5. The van der Waals surface area contributed by atoms with Gasteiger partial charge in [0.15, 0.2) is 6.10 Å². The third kappa shape index (κ3) is 3.06. The van der Waals surface area contributed by atoms with Gasteiger partial charge in [-0.05, 0) is 25.1 Å². The maximum Gasteiger partial charge on any atom is 0.344 e. The Morgan fingerprint density at radius 3 is 2.85 bits per heavy atom. The van der Waals surface area contributed by atoms with Gasteiger partial charge in [0.2, 0.25) is 0 Å². The van der Waals surface area contributed by atoms with Crippen molar-refractivity contribution in [2.24, 2.45) is 0 Å². The molecule has 13 heavy (non-hydrogen) atoms. The lowest BCUT2D eigenvalue weighted by atomic mass is 10.3. The Kier molecular flexibility index (Phi) is 3.31. The average Bonchev–Trinajstić information content (AvgIpc) is 2.04. The zero-order valence-electron chi connectivity index (χ0n) is 7.03. The molecule has 0 aliphatic carbocycles. The van der Waals surface area contributed by atoms with E-state index < -0.39 is 12.1 Å². The molecule has 1 N–H and O–H groups in total. The molecule has 0 aliphatic rings. The van der Waals surface area contributed by atoms with Crippen LogP contribution >= 0.6 is 15.9 Å². The number of carboxylic acids is 1. The van der Waals surface area contributed by atoms with Gasteiger partial charge < -0.3 is 9.84 Å². The standard InChI is InChI=1S/C9H9BrO3/c1-6(9(11)12)13-8-4-2-3-7(10)5-8/h2-6H,1H3,(H,11,12)/t6-/m0/s1. The van der Waals surface area contributed by atoms with Crippen molar-refractivity contribution < 1.29 is 14.6 Å². The molecule has 0 radical (unpaired) electrons. The molecule has 0 aromatic heterocycles. The average molecular weight is 245 g/mol. The molecule has 3 nitrogen and oxygen atoms in total. The van der Waals surface area contributed by atoms with Crippen molar-refractivity contribution in [2.75, 3.05) is 0 Å². The largest absolute Gasteiger partial charge is 0.479 e. The van der Waals surface area contributed by atoms with Gasteiger partial charge in [0.25, 0.3) is 0 Å². The maximum absolute atomic E-state index is 10.5. The monoisotopic (exact) mass is 244 g/mol. The summed E-state index contributed by atoms with van der Waals surface area (Å²) in [6.45, 7) is 1.49. The fourth-order valence-corrected chi connectivity index (χ4v) is 1.17. The first kappa shape index (κ1) is 10.1. The number of carbonyl (C=O) groups is 1. The number of rotatable bonds is 3. The SMILES string of the molecule is C[C@H](Oc1cccc(Br)c1)C(=O)O. The van der Waals surface area contributed by atoms with Crippen molar-refractivity contribution in [3.8, 4) is 5.75 Å². The van der Waals surface area contributed by atoms with E-state index in [1.165, 1.54) is 6.92 Å². The van der Waals surface area contributed by atoms with E-state index in [9.17, 15) is 4.79 Å². The highest BCUT2D eigenvalue weighted by atomic mass is 79.9. The minimum atomic E-state index is -0.972. The molecule has 1 aromatic rings. The van der Waals surface area contributed by atoms with Crippen LogP contribution in [0.3, 0.4) is 0 Å². The lowest BCUT2D eigenvalue weighted by molar-refractivity contribution is -0.144. The quantitative estimate of drug-likeness (QED) is 0.888. The van der Waals surface area contributed by atoms with Gasteiger partial charge in [-0.2, -0.15) is 0 Å². The normalized spacial score (nSPS) is 12.2. The van der Waals surface area contributed by atoms with Crippen molar-refractivity contribution in [2.45, 2.75) is 13.0 Å². The second-order valence-corrected chi connectivity index (χ2v) is 3.47. The second-order valence-electron chi connectivity index (χ2n) is 2.56.